The molecule has 2 atom stereocenters. The Bertz CT molecular complexity index is 402. The molecule has 5 heteroatoms. The Morgan fingerprint density at radius 1 is 1.71 bits per heavy atom. The van der Waals surface area contributed by atoms with E-state index in [9.17, 15) is 9.90 Å². The van der Waals surface area contributed by atoms with Crippen molar-refractivity contribution in [3.63, 3.8) is 0 Å². The standard InChI is InChI=1S/C12H18N2O3/c1-8-3-4-13-11(8)12(16)14-6-10(17-2)5-9(14)7-15/h3-4,9-10,13,15H,5-7H2,1-2H3/t9-,10+/m0/s1. The number of aliphatic hydroxyl groups excluding tert-OH is 1. The number of ether oxygens (including phenoxy) is 1. The summed E-state index contributed by atoms with van der Waals surface area (Å²) in [5.41, 5.74) is 1.52. The molecule has 17 heavy (non-hydrogen) atoms. The third-order valence-electron chi connectivity index (χ3n) is 3.35. The SMILES string of the molecule is CO[C@@H]1C[C@@H](CO)N(C(=O)c2[nH]ccc2C)C1. The average Bonchev–Trinajstić information content (AvgIpc) is 2.93. The number of aromatic nitrogens is 1. The molecule has 94 valence electrons. The molecule has 0 unspecified atom stereocenters. The summed E-state index contributed by atoms with van der Waals surface area (Å²) in [6, 6.07) is 1.72. The first-order chi connectivity index (χ1) is 8.17. The summed E-state index contributed by atoms with van der Waals surface area (Å²) < 4.78 is 5.26. The minimum Gasteiger partial charge on any atom is -0.394 e. The molecular weight excluding hydrogens is 220 g/mol. The van der Waals surface area contributed by atoms with Crippen LogP contribution in [0.5, 0.6) is 0 Å². The van der Waals surface area contributed by atoms with E-state index < -0.39 is 0 Å². The highest BCUT2D eigenvalue weighted by Crippen LogP contribution is 2.22. The molecule has 1 aromatic heterocycles. The fourth-order valence-corrected chi connectivity index (χ4v) is 2.29. The molecular formula is C12H18N2O3. The number of hydrogen-bond acceptors (Lipinski definition) is 3. The van der Waals surface area contributed by atoms with E-state index in [-0.39, 0.29) is 24.7 Å². The van der Waals surface area contributed by atoms with Crippen molar-refractivity contribution in [1.29, 1.82) is 0 Å². The summed E-state index contributed by atoms with van der Waals surface area (Å²) in [6.07, 6.45) is 2.46. The van der Waals surface area contributed by atoms with Crippen molar-refractivity contribution in [3.8, 4) is 0 Å². The van der Waals surface area contributed by atoms with Gasteiger partial charge in [0.25, 0.3) is 5.91 Å². The lowest BCUT2D eigenvalue weighted by molar-refractivity contribution is 0.0642. The minimum atomic E-state index is -0.143. The summed E-state index contributed by atoms with van der Waals surface area (Å²) >= 11 is 0. The number of aliphatic hydroxyl groups is 1. The number of carbonyl (C=O) groups is 1. The van der Waals surface area contributed by atoms with Gasteiger partial charge < -0.3 is 19.7 Å². The lowest BCUT2D eigenvalue weighted by Crippen LogP contribution is -2.38. The molecule has 1 aliphatic rings. The largest absolute Gasteiger partial charge is 0.394 e. The maximum Gasteiger partial charge on any atom is 0.270 e. The van der Waals surface area contributed by atoms with Crippen molar-refractivity contribution >= 4 is 5.91 Å². The molecule has 0 saturated carbocycles. The molecule has 1 fully saturated rings. The fourth-order valence-electron chi connectivity index (χ4n) is 2.29. The molecule has 5 nitrogen and oxygen atoms in total. The second kappa shape index (κ2) is 4.89. The zero-order valence-electron chi connectivity index (χ0n) is 10.1. The van der Waals surface area contributed by atoms with Gasteiger partial charge in [0.15, 0.2) is 0 Å². The van der Waals surface area contributed by atoms with Crippen molar-refractivity contribution in [1.82, 2.24) is 9.88 Å². The van der Waals surface area contributed by atoms with E-state index in [1.54, 1.807) is 18.2 Å². The van der Waals surface area contributed by atoms with Gasteiger partial charge in [-0.15, -0.1) is 0 Å². The van der Waals surface area contributed by atoms with E-state index in [1.807, 2.05) is 13.0 Å². The van der Waals surface area contributed by atoms with Gasteiger partial charge in [0, 0.05) is 19.9 Å². The van der Waals surface area contributed by atoms with E-state index in [2.05, 4.69) is 4.98 Å². The molecule has 1 amide bonds. The van der Waals surface area contributed by atoms with E-state index in [4.69, 9.17) is 4.74 Å². The van der Waals surface area contributed by atoms with Crippen LogP contribution in [0.15, 0.2) is 12.3 Å². The molecule has 0 bridgehead atoms. The van der Waals surface area contributed by atoms with Crippen LogP contribution < -0.4 is 0 Å². The maximum absolute atomic E-state index is 12.3. The smallest absolute Gasteiger partial charge is 0.270 e. The number of likely N-dealkylation sites (tertiary alicyclic amines) is 1. The zero-order valence-corrected chi connectivity index (χ0v) is 10.1. The van der Waals surface area contributed by atoms with Crippen LogP contribution in [0, 0.1) is 6.92 Å². The molecule has 1 saturated heterocycles. The van der Waals surface area contributed by atoms with Gasteiger partial charge in [-0.05, 0) is 25.0 Å². The highest BCUT2D eigenvalue weighted by atomic mass is 16.5. The molecule has 0 spiro atoms. The molecule has 2 N–H and O–H groups in total. The number of nitrogens with one attached hydrogen (secondary N) is 1. The van der Waals surface area contributed by atoms with Crippen LogP contribution in [0.2, 0.25) is 0 Å². The minimum absolute atomic E-state index is 0.0198. The van der Waals surface area contributed by atoms with Crippen LogP contribution in [0.25, 0.3) is 0 Å². The zero-order chi connectivity index (χ0) is 12.4. The first-order valence-corrected chi connectivity index (χ1v) is 5.76. The van der Waals surface area contributed by atoms with Crippen LogP contribution in [-0.2, 0) is 4.74 Å². The van der Waals surface area contributed by atoms with Crippen LogP contribution in [0.1, 0.15) is 22.5 Å². The molecule has 0 radical (unpaired) electrons. The van der Waals surface area contributed by atoms with Gasteiger partial charge in [0.05, 0.1) is 18.8 Å². The quantitative estimate of drug-likeness (QED) is 0.808. The van der Waals surface area contributed by atoms with Gasteiger partial charge in [0.2, 0.25) is 0 Å². The fraction of sp³-hybridized carbons (Fsp3) is 0.583. The van der Waals surface area contributed by atoms with Crippen LogP contribution in [-0.4, -0.2) is 53.3 Å². The Hall–Kier alpha value is -1.33. The summed E-state index contributed by atoms with van der Waals surface area (Å²) in [5.74, 6) is -0.0638. The maximum atomic E-state index is 12.3. The van der Waals surface area contributed by atoms with E-state index in [0.717, 1.165) is 5.56 Å². The Balaban J connectivity index is 2.16. The van der Waals surface area contributed by atoms with Crippen molar-refractivity contribution < 1.29 is 14.6 Å². The summed E-state index contributed by atoms with van der Waals surface area (Å²) in [4.78, 5) is 16.9. The van der Waals surface area contributed by atoms with Gasteiger partial charge in [0.1, 0.15) is 5.69 Å². The molecule has 2 rings (SSSR count). The number of rotatable bonds is 3. The predicted octanol–water partition coefficient (Wildman–Crippen LogP) is 0.545. The van der Waals surface area contributed by atoms with Crippen LogP contribution >= 0.6 is 0 Å². The number of H-pyrrole nitrogens is 1. The number of nitrogens with zero attached hydrogens (tertiary/aromatic N) is 1. The average molecular weight is 238 g/mol. The molecule has 1 aromatic rings. The number of methoxy groups -OCH3 is 1. The van der Waals surface area contributed by atoms with Crippen molar-refractivity contribution in [3.05, 3.63) is 23.5 Å². The molecule has 1 aliphatic heterocycles. The number of carbonyl (C=O) groups excluding carboxylic acids is 1. The molecule has 0 aromatic carbocycles. The topological polar surface area (TPSA) is 65.6 Å². The summed E-state index contributed by atoms with van der Waals surface area (Å²) in [5, 5.41) is 9.31. The third kappa shape index (κ3) is 2.21. The second-order valence-electron chi connectivity index (χ2n) is 4.42. The van der Waals surface area contributed by atoms with Crippen LogP contribution in [0.4, 0.5) is 0 Å². The van der Waals surface area contributed by atoms with Gasteiger partial charge >= 0.3 is 0 Å². The normalized spacial score (nSPS) is 24.3. The Morgan fingerprint density at radius 2 is 2.47 bits per heavy atom. The van der Waals surface area contributed by atoms with Gasteiger partial charge in [-0.3, -0.25) is 4.79 Å². The number of hydrogen-bond donors (Lipinski definition) is 2. The highest BCUT2D eigenvalue weighted by Gasteiger charge is 2.35. The van der Waals surface area contributed by atoms with Crippen molar-refractivity contribution in [2.75, 3.05) is 20.3 Å². The predicted molar refractivity (Wildman–Crippen MR) is 62.9 cm³/mol. The van der Waals surface area contributed by atoms with Crippen molar-refractivity contribution in [2.24, 2.45) is 0 Å². The summed E-state index contributed by atoms with van der Waals surface area (Å²) in [7, 11) is 1.63. The summed E-state index contributed by atoms with van der Waals surface area (Å²) in [6.45, 7) is 2.41. The van der Waals surface area contributed by atoms with E-state index in [1.165, 1.54) is 0 Å². The third-order valence-corrected chi connectivity index (χ3v) is 3.35. The Morgan fingerprint density at radius 3 is 3.00 bits per heavy atom. The second-order valence-corrected chi connectivity index (χ2v) is 4.42. The highest BCUT2D eigenvalue weighted by molar-refractivity contribution is 5.94. The van der Waals surface area contributed by atoms with Crippen molar-refractivity contribution in [2.45, 2.75) is 25.5 Å². The van der Waals surface area contributed by atoms with Crippen LogP contribution in [0.3, 0.4) is 0 Å². The first kappa shape index (κ1) is 12.1. The van der Waals surface area contributed by atoms with Gasteiger partial charge in [-0.25, -0.2) is 0 Å². The van der Waals surface area contributed by atoms with Gasteiger partial charge in [-0.2, -0.15) is 0 Å². The molecule has 0 aliphatic carbocycles. The van der Waals surface area contributed by atoms with E-state index >= 15 is 0 Å². The lowest BCUT2D eigenvalue weighted by atomic mass is 10.2. The lowest BCUT2D eigenvalue weighted by Gasteiger charge is -2.22. The van der Waals surface area contributed by atoms with Gasteiger partial charge in [-0.1, -0.05) is 0 Å². The number of aromatic amines is 1. The first-order valence-electron chi connectivity index (χ1n) is 5.76. The van der Waals surface area contributed by atoms with E-state index in [0.29, 0.717) is 18.7 Å². The Kier molecular flexibility index (Phi) is 3.49. The number of aryl methyl sites for hydroxylation is 1. The molecule has 2 heterocycles. The Labute approximate surface area is 100 Å². The number of amides is 1. The monoisotopic (exact) mass is 238 g/mol.